The van der Waals surface area contributed by atoms with Crippen LogP contribution < -0.4 is 0 Å². The summed E-state index contributed by atoms with van der Waals surface area (Å²) in [5.74, 6) is 4.77. The van der Waals surface area contributed by atoms with Gasteiger partial charge in [0.25, 0.3) is 0 Å². The summed E-state index contributed by atoms with van der Waals surface area (Å²) in [6.07, 6.45) is 1.20. The number of ketones is 1. The fourth-order valence-corrected chi connectivity index (χ4v) is 3.16. The number of halogens is 2. The Labute approximate surface area is 157 Å². The van der Waals surface area contributed by atoms with E-state index < -0.39 is 5.60 Å². The third-order valence-corrected chi connectivity index (χ3v) is 4.93. The normalized spacial score (nSPS) is 16.6. The molecule has 134 valence electrons. The molecule has 1 N–H and O–H groups in total. The van der Waals surface area contributed by atoms with Crippen molar-refractivity contribution in [2.75, 3.05) is 19.6 Å². The number of Topliss-reactive ketones (excluding diaryl/α,β-unsaturated/α-hetero) is 1. The second-order valence-corrected chi connectivity index (χ2v) is 6.89. The van der Waals surface area contributed by atoms with Crippen molar-refractivity contribution < 1.29 is 14.3 Å². The molecule has 1 aliphatic rings. The van der Waals surface area contributed by atoms with Crippen molar-refractivity contribution in [1.29, 1.82) is 0 Å². The summed E-state index contributed by atoms with van der Waals surface area (Å²) < 4.78 is 12.9. The van der Waals surface area contributed by atoms with Crippen molar-refractivity contribution >= 4 is 17.4 Å². The second-order valence-electron chi connectivity index (χ2n) is 6.45. The highest BCUT2D eigenvalue weighted by molar-refractivity contribution is 6.30. The van der Waals surface area contributed by atoms with Crippen LogP contribution in [0.4, 0.5) is 4.39 Å². The minimum Gasteiger partial charge on any atom is -0.385 e. The van der Waals surface area contributed by atoms with Crippen LogP contribution in [0.2, 0.25) is 5.02 Å². The molecular weight excluding hydrogens is 353 g/mol. The maximum absolute atomic E-state index is 12.9. The Morgan fingerprint density at radius 2 is 1.73 bits per heavy atom. The molecule has 1 heterocycles. The first-order chi connectivity index (χ1) is 12.5. The average Bonchev–Trinajstić information content (AvgIpc) is 2.64. The van der Waals surface area contributed by atoms with Gasteiger partial charge in [-0.3, -0.25) is 9.69 Å². The Morgan fingerprint density at radius 3 is 2.35 bits per heavy atom. The fraction of sp³-hybridized carbons (Fsp3) is 0.286. The zero-order valence-corrected chi connectivity index (χ0v) is 15.0. The van der Waals surface area contributed by atoms with Crippen LogP contribution in [-0.2, 0) is 5.60 Å². The van der Waals surface area contributed by atoms with E-state index in [4.69, 9.17) is 11.6 Å². The van der Waals surface area contributed by atoms with Crippen LogP contribution >= 0.6 is 11.6 Å². The van der Waals surface area contributed by atoms with Crippen molar-refractivity contribution in [3.8, 4) is 11.8 Å². The summed E-state index contributed by atoms with van der Waals surface area (Å²) in [6.45, 7) is 1.85. The molecule has 0 atom stereocenters. The van der Waals surface area contributed by atoms with Crippen LogP contribution in [0, 0.1) is 17.7 Å². The molecule has 3 rings (SSSR count). The molecule has 2 aromatic carbocycles. The molecule has 26 heavy (non-hydrogen) atoms. The van der Waals surface area contributed by atoms with Gasteiger partial charge in [-0.15, -0.1) is 0 Å². The largest absolute Gasteiger partial charge is 0.385 e. The van der Waals surface area contributed by atoms with Gasteiger partial charge in [0.1, 0.15) is 5.82 Å². The molecule has 1 saturated heterocycles. The van der Waals surface area contributed by atoms with Gasteiger partial charge in [-0.1, -0.05) is 29.7 Å². The molecular formula is C21H19ClFNO2. The van der Waals surface area contributed by atoms with E-state index in [1.165, 1.54) is 24.3 Å². The van der Waals surface area contributed by atoms with Crippen LogP contribution in [0.3, 0.4) is 0 Å². The zero-order chi connectivity index (χ0) is 18.6. The standard InChI is InChI=1S/C21H19ClFNO2/c22-18-7-5-17(6-8-18)21(26)11-14-24(15-12-21)13-1-2-20(25)16-3-9-19(23)10-4-16/h3-10,26H,11-15H2. The second kappa shape index (κ2) is 8.01. The van der Waals surface area contributed by atoms with E-state index in [0.717, 1.165) is 5.56 Å². The highest BCUT2D eigenvalue weighted by Crippen LogP contribution is 2.33. The van der Waals surface area contributed by atoms with E-state index in [2.05, 4.69) is 16.7 Å². The fourth-order valence-electron chi connectivity index (χ4n) is 3.03. The topological polar surface area (TPSA) is 40.5 Å². The lowest BCUT2D eigenvalue weighted by Crippen LogP contribution is -2.42. The maximum Gasteiger partial charge on any atom is 0.235 e. The van der Waals surface area contributed by atoms with Gasteiger partial charge in [0, 0.05) is 23.7 Å². The van der Waals surface area contributed by atoms with E-state index in [9.17, 15) is 14.3 Å². The monoisotopic (exact) mass is 371 g/mol. The van der Waals surface area contributed by atoms with Crippen molar-refractivity contribution in [3.63, 3.8) is 0 Å². The predicted octanol–water partition coefficient (Wildman–Crippen LogP) is 3.65. The number of carbonyl (C=O) groups is 1. The lowest BCUT2D eigenvalue weighted by Gasteiger charge is -2.37. The minimum absolute atomic E-state index is 0.320. The number of nitrogens with zero attached hydrogens (tertiary/aromatic N) is 1. The van der Waals surface area contributed by atoms with Gasteiger partial charge in [0.05, 0.1) is 12.1 Å². The summed E-state index contributed by atoms with van der Waals surface area (Å²) in [7, 11) is 0. The van der Waals surface area contributed by atoms with Gasteiger partial charge in [-0.2, -0.15) is 0 Å². The molecule has 0 bridgehead atoms. The average molecular weight is 372 g/mol. The lowest BCUT2D eigenvalue weighted by atomic mass is 9.84. The Morgan fingerprint density at radius 1 is 1.12 bits per heavy atom. The van der Waals surface area contributed by atoms with Crippen LogP contribution in [0.1, 0.15) is 28.8 Å². The molecule has 1 aliphatic heterocycles. The molecule has 0 spiro atoms. The van der Waals surface area contributed by atoms with E-state index >= 15 is 0 Å². The molecule has 1 fully saturated rings. The van der Waals surface area contributed by atoms with E-state index in [0.29, 0.717) is 43.1 Å². The molecule has 0 saturated carbocycles. The minimum atomic E-state index is -0.849. The molecule has 2 aromatic rings. The maximum atomic E-state index is 12.9. The highest BCUT2D eigenvalue weighted by atomic mass is 35.5. The number of aliphatic hydroxyl groups is 1. The number of piperidine rings is 1. The molecule has 0 amide bonds. The summed E-state index contributed by atoms with van der Waals surface area (Å²) in [4.78, 5) is 14.1. The third kappa shape index (κ3) is 4.50. The summed E-state index contributed by atoms with van der Waals surface area (Å²) in [5.41, 5.74) is 0.409. The first kappa shape index (κ1) is 18.6. The van der Waals surface area contributed by atoms with Crippen molar-refractivity contribution in [3.05, 3.63) is 70.5 Å². The van der Waals surface area contributed by atoms with Crippen LogP contribution in [0.5, 0.6) is 0 Å². The van der Waals surface area contributed by atoms with Crippen molar-refractivity contribution in [2.45, 2.75) is 18.4 Å². The number of rotatable bonds is 3. The number of likely N-dealkylation sites (tertiary alicyclic amines) is 1. The number of hydrogen-bond donors (Lipinski definition) is 1. The summed E-state index contributed by atoms with van der Waals surface area (Å²) in [5, 5.41) is 11.5. The van der Waals surface area contributed by atoms with Gasteiger partial charge in [-0.25, -0.2) is 4.39 Å². The quantitative estimate of drug-likeness (QED) is 0.508. The Balaban J connectivity index is 1.54. The third-order valence-electron chi connectivity index (χ3n) is 4.68. The number of hydrogen-bond acceptors (Lipinski definition) is 3. The summed E-state index contributed by atoms with van der Waals surface area (Å²) >= 11 is 5.90. The summed E-state index contributed by atoms with van der Waals surface area (Å²) in [6, 6.07) is 12.6. The smallest absolute Gasteiger partial charge is 0.235 e. The van der Waals surface area contributed by atoms with E-state index in [1.54, 1.807) is 12.1 Å². The first-order valence-electron chi connectivity index (χ1n) is 8.46. The van der Waals surface area contributed by atoms with Crippen LogP contribution in [-0.4, -0.2) is 35.4 Å². The Hall–Kier alpha value is -2.19. The van der Waals surface area contributed by atoms with E-state index in [1.807, 2.05) is 12.1 Å². The van der Waals surface area contributed by atoms with Gasteiger partial charge >= 0.3 is 0 Å². The van der Waals surface area contributed by atoms with Gasteiger partial charge in [-0.05, 0) is 60.7 Å². The van der Waals surface area contributed by atoms with E-state index in [-0.39, 0.29) is 11.6 Å². The zero-order valence-electron chi connectivity index (χ0n) is 14.2. The van der Waals surface area contributed by atoms with Crippen molar-refractivity contribution in [2.24, 2.45) is 0 Å². The van der Waals surface area contributed by atoms with Crippen molar-refractivity contribution in [1.82, 2.24) is 4.90 Å². The van der Waals surface area contributed by atoms with Crippen LogP contribution in [0.25, 0.3) is 0 Å². The molecule has 0 aromatic heterocycles. The van der Waals surface area contributed by atoms with Crippen LogP contribution in [0.15, 0.2) is 48.5 Å². The van der Waals surface area contributed by atoms with Gasteiger partial charge < -0.3 is 5.11 Å². The Bertz CT molecular complexity index is 829. The highest BCUT2D eigenvalue weighted by Gasteiger charge is 2.33. The Kier molecular flexibility index (Phi) is 5.73. The number of benzene rings is 2. The molecule has 0 radical (unpaired) electrons. The van der Waals surface area contributed by atoms with Gasteiger partial charge in [0.15, 0.2) is 0 Å². The molecule has 0 unspecified atom stereocenters. The molecule has 5 heteroatoms. The predicted molar refractivity (Wildman–Crippen MR) is 99.5 cm³/mol. The molecule has 3 nitrogen and oxygen atoms in total. The molecule has 0 aliphatic carbocycles. The number of carbonyl (C=O) groups excluding carboxylic acids is 1. The lowest BCUT2D eigenvalue weighted by molar-refractivity contribution is -0.0230. The first-order valence-corrected chi connectivity index (χ1v) is 8.84. The van der Waals surface area contributed by atoms with Gasteiger partial charge in [0.2, 0.25) is 5.78 Å². The SMILES string of the molecule is O=C(C#CCN1CCC(O)(c2ccc(Cl)cc2)CC1)c1ccc(F)cc1.